The summed E-state index contributed by atoms with van der Waals surface area (Å²) in [5.41, 5.74) is 0.963. The quantitative estimate of drug-likeness (QED) is 0.891. The largest absolute Gasteiger partial charge is 0.393 e. The number of aliphatic hydroxyl groups is 1. The number of carbonyl (C=O) groups is 1. The summed E-state index contributed by atoms with van der Waals surface area (Å²) in [5.74, 6) is 0.445. The number of rotatable bonds is 4. The Kier molecular flexibility index (Phi) is 5.23. The smallest absolute Gasteiger partial charge is 0.224 e. The molecule has 2 rings (SSSR count). The van der Waals surface area contributed by atoms with Crippen LogP contribution in [-0.4, -0.2) is 23.7 Å². The molecule has 1 aromatic carbocycles. The molecule has 4 heteroatoms. The fourth-order valence-electron chi connectivity index (χ4n) is 2.56. The molecule has 2 atom stereocenters. The lowest BCUT2D eigenvalue weighted by atomic mass is 9.87. The van der Waals surface area contributed by atoms with Crippen molar-refractivity contribution in [3.63, 3.8) is 0 Å². The highest BCUT2D eigenvalue weighted by Gasteiger charge is 2.20. The minimum atomic E-state index is -0.188. The topological polar surface area (TPSA) is 49.3 Å². The van der Waals surface area contributed by atoms with E-state index in [2.05, 4.69) is 5.32 Å². The van der Waals surface area contributed by atoms with Crippen LogP contribution < -0.4 is 5.32 Å². The summed E-state index contributed by atoms with van der Waals surface area (Å²) in [6.45, 7) is 0.670. The molecule has 0 radical (unpaired) electrons. The van der Waals surface area contributed by atoms with Gasteiger partial charge < -0.3 is 10.4 Å². The molecule has 0 bridgehead atoms. The molecule has 1 aliphatic carbocycles. The third-order valence-corrected chi connectivity index (χ3v) is 3.87. The molecule has 0 saturated heterocycles. The third kappa shape index (κ3) is 4.84. The summed E-state index contributed by atoms with van der Waals surface area (Å²) >= 11 is 5.80. The fraction of sp³-hybridized carbons (Fsp3) is 0.533. The molecule has 0 heterocycles. The maximum absolute atomic E-state index is 11.8. The van der Waals surface area contributed by atoms with E-state index in [0.29, 0.717) is 23.9 Å². The van der Waals surface area contributed by atoms with Crippen molar-refractivity contribution in [2.45, 2.75) is 38.2 Å². The lowest BCUT2D eigenvalue weighted by molar-refractivity contribution is -0.120. The van der Waals surface area contributed by atoms with Crippen LogP contribution in [0.25, 0.3) is 0 Å². The summed E-state index contributed by atoms with van der Waals surface area (Å²) in [5, 5.41) is 13.2. The molecule has 0 spiro atoms. The second kappa shape index (κ2) is 6.92. The average molecular weight is 282 g/mol. The van der Waals surface area contributed by atoms with Gasteiger partial charge in [-0.1, -0.05) is 30.2 Å². The first-order valence-electron chi connectivity index (χ1n) is 6.82. The Labute approximate surface area is 119 Å². The zero-order valence-electron chi connectivity index (χ0n) is 10.9. The summed E-state index contributed by atoms with van der Waals surface area (Å²) in [4.78, 5) is 11.8. The maximum atomic E-state index is 11.8. The van der Waals surface area contributed by atoms with E-state index in [9.17, 15) is 9.90 Å². The molecule has 1 saturated carbocycles. The number of hydrogen-bond donors (Lipinski definition) is 2. The molecule has 2 N–H and O–H groups in total. The third-order valence-electron chi connectivity index (χ3n) is 3.62. The van der Waals surface area contributed by atoms with Crippen molar-refractivity contribution in [1.82, 2.24) is 5.32 Å². The highest BCUT2D eigenvalue weighted by Crippen LogP contribution is 2.23. The fourth-order valence-corrected chi connectivity index (χ4v) is 2.68. The van der Waals surface area contributed by atoms with E-state index in [1.165, 1.54) is 0 Å². The second-order valence-corrected chi connectivity index (χ2v) is 5.73. The average Bonchev–Trinajstić information content (AvgIpc) is 2.39. The van der Waals surface area contributed by atoms with Crippen LogP contribution in [0.5, 0.6) is 0 Å². The van der Waals surface area contributed by atoms with Gasteiger partial charge in [0.05, 0.1) is 12.5 Å². The minimum Gasteiger partial charge on any atom is -0.393 e. The van der Waals surface area contributed by atoms with Crippen molar-refractivity contribution in [1.29, 1.82) is 0 Å². The van der Waals surface area contributed by atoms with E-state index in [1.807, 2.05) is 12.1 Å². The molecule has 3 nitrogen and oxygen atoms in total. The van der Waals surface area contributed by atoms with Crippen molar-refractivity contribution in [2.75, 3.05) is 6.54 Å². The van der Waals surface area contributed by atoms with E-state index in [1.54, 1.807) is 12.1 Å². The van der Waals surface area contributed by atoms with Crippen LogP contribution in [0.3, 0.4) is 0 Å². The molecule has 1 aliphatic rings. The van der Waals surface area contributed by atoms with Crippen molar-refractivity contribution in [2.24, 2.45) is 5.92 Å². The second-order valence-electron chi connectivity index (χ2n) is 5.29. The Morgan fingerprint density at radius 2 is 2.05 bits per heavy atom. The van der Waals surface area contributed by atoms with Gasteiger partial charge in [-0.25, -0.2) is 0 Å². The monoisotopic (exact) mass is 281 g/mol. The predicted octanol–water partition coefficient (Wildman–Crippen LogP) is 2.55. The molecular weight excluding hydrogens is 262 g/mol. The molecule has 2 unspecified atom stereocenters. The van der Waals surface area contributed by atoms with Gasteiger partial charge in [-0.2, -0.15) is 0 Å². The van der Waals surface area contributed by atoms with Crippen LogP contribution in [0.15, 0.2) is 24.3 Å². The van der Waals surface area contributed by atoms with Crippen LogP contribution in [0.2, 0.25) is 5.02 Å². The molecule has 1 amide bonds. The first-order valence-corrected chi connectivity index (χ1v) is 7.20. The van der Waals surface area contributed by atoms with Crippen LogP contribution in [-0.2, 0) is 11.2 Å². The Bertz CT molecular complexity index is 419. The lowest BCUT2D eigenvalue weighted by Gasteiger charge is -2.25. The van der Waals surface area contributed by atoms with Gasteiger partial charge in [0, 0.05) is 11.6 Å². The van der Waals surface area contributed by atoms with E-state index < -0.39 is 0 Å². The summed E-state index contributed by atoms with van der Waals surface area (Å²) < 4.78 is 0. The predicted molar refractivity (Wildman–Crippen MR) is 76.1 cm³/mol. The van der Waals surface area contributed by atoms with Crippen LogP contribution in [0.1, 0.15) is 31.2 Å². The van der Waals surface area contributed by atoms with Gasteiger partial charge in [0.1, 0.15) is 0 Å². The highest BCUT2D eigenvalue weighted by molar-refractivity contribution is 6.30. The molecule has 19 heavy (non-hydrogen) atoms. The van der Waals surface area contributed by atoms with E-state index in [-0.39, 0.29) is 12.0 Å². The van der Waals surface area contributed by atoms with Crippen molar-refractivity contribution < 1.29 is 9.90 Å². The van der Waals surface area contributed by atoms with Gasteiger partial charge in [-0.05, 0) is 42.9 Å². The van der Waals surface area contributed by atoms with E-state index in [0.717, 1.165) is 31.2 Å². The van der Waals surface area contributed by atoms with E-state index in [4.69, 9.17) is 11.6 Å². The molecule has 1 aromatic rings. The normalized spacial score (nSPS) is 23.1. The molecule has 1 fully saturated rings. The summed E-state index contributed by atoms with van der Waals surface area (Å²) in [6.07, 6.45) is 4.05. The van der Waals surface area contributed by atoms with Crippen LogP contribution >= 0.6 is 11.6 Å². The van der Waals surface area contributed by atoms with Gasteiger partial charge in [-0.15, -0.1) is 0 Å². The van der Waals surface area contributed by atoms with Gasteiger partial charge in [0.25, 0.3) is 0 Å². The maximum Gasteiger partial charge on any atom is 0.224 e. The number of nitrogens with one attached hydrogen (secondary N) is 1. The SMILES string of the molecule is O=C(Cc1ccc(Cl)cc1)NCC1CCCC(O)C1. The summed E-state index contributed by atoms with van der Waals surface area (Å²) in [7, 11) is 0. The van der Waals surface area contributed by atoms with Crippen molar-refractivity contribution >= 4 is 17.5 Å². The van der Waals surface area contributed by atoms with Gasteiger partial charge >= 0.3 is 0 Å². The first kappa shape index (κ1) is 14.4. The van der Waals surface area contributed by atoms with Gasteiger partial charge in [-0.3, -0.25) is 4.79 Å². The number of aliphatic hydroxyl groups excluding tert-OH is 1. The standard InChI is InChI=1S/C15H20ClNO2/c16-13-6-4-11(5-7-13)9-15(19)17-10-12-2-1-3-14(18)8-12/h4-7,12,14,18H,1-3,8-10H2,(H,17,19). The number of benzene rings is 1. The summed E-state index contributed by atoms with van der Waals surface area (Å²) in [6, 6.07) is 7.32. The Balaban J connectivity index is 1.73. The Morgan fingerprint density at radius 1 is 1.32 bits per heavy atom. The minimum absolute atomic E-state index is 0.0300. The van der Waals surface area contributed by atoms with Gasteiger partial charge in [0.2, 0.25) is 5.91 Å². The number of hydrogen-bond acceptors (Lipinski definition) is 2. The van der Waals surface area contributed by atoms with Crippen molar-refractivity contribution in [3.05, 3.63) is 34.9 Å². The Hall–Kier alpha value is -1.06. The van der Waals surface area contributed by atoms with E-state index >= 15 is 0 Å². The molecule has 0 aromatic heterocycles. The molecule has 104 valence electrons. The number of amides is 1. The number of carbonyl (C=O) groups excluding carboxylic acids is 1. The van der Waals surface area contributed by atoms with Crippen molar-refractivity contribution in [3.8, 4) is 0 Å². The zero-order valence-corrected chi connectivity index (χ0v) is 11.7. The molecule has 0 aliphatic heterocycles. The van der Waals surface area contributed by atoms with Gasteiger partial charge in [0.15, 0.2) is 0 Å². The van der Waals surface area contributed by atoms with Crippen LogP contribution in [0.4, 0.5) is 0 Å². The lowest BCUT2D eigenvalue weighted by Crippen LogP contribution is -2.33. The Morgan fingerprint density at radius 3 is 2.74 bits per heavy atom. The first-order chi connectivity index (χ1) is 9.13. The highest BCUT2D eigenvalue weighted by atomic mass is 35.5. The zero-order chi connectivity index (χ0) is 13.7. The van der Waals surface area contributed by atoms with Crippen LogP contribution in [0, 0.1) is 5.92 Å². The molecular formula is C15H20ClNO2. The number of halogens is 1.